The van der Waals surface area contributed by atoms with Gasteiger partial charge in [0.05, 0.1) is 0 Å². The average Bonchev–Trinajstić information content (AvgIpc) is 2.16. The van der Waals surface area contributed by atoms with E-state index in [0.29, 0.717) is 19.6 Å². The maximum Gasteiger partial charge on any atom is 0.309 e. The molecule has 5 heteroatoms. The van der Waals surface area contributed by atoms with Gasteiger partial charge in [-0.1, -0.05) is 13.3 Å². The van der Waals surface area contributed by atoms with Gasteiger partial charge >= 0.3 is 11.8 Å². The maximum atomic E-state index is 10.7. The summed E-state index contributed by atoms with van der Waals surface area (Å²) in [6, 6.07) is 0. The SMILES string of the molecule is CCCCOCCCNC(=O)C(N)=O. The monoisotopic (exact) mass is 202 g/mol. The molecule has 0 spiro atoms. The van der Waals surface area contributed by atoms with Crippen LogP contribution in [-0.2, 0) is 14.3 Å². The summed E-state index contributed by atoms with van der Waals surface area (Å²) in [5, 5.41) is 2.38. The first-order valence-corrected chi connectivity index (χ1v) is 4.83. The molecule has 0 fully saturated rings. The molecule has 0 saturated heterocycles. The summed E-state index contributed by atoms with van der Waals surface area (Å²) in [7, 11) is 0. The van der Waals surface area contributed by atoms with Crippen molar-refractivity contribution < 1.29 is 14.3 Å². The maximum absolute atomic E-state index is 10.7. The van der Waals surface area contributed by atoms with Gasteiger partial charge in [0, 0.05) is 19.8 Å². The number of amides is 2. The Morgan fingerprint density at radius 3 is 2.50 bits per heavy atom. The molecule has 0 aliphatic rings. The standard InChI is InChI=1S/C9H18N2O3/c1-2-3-6-14-7-4-5-11-9(13)8(10)12/h2-7H2,1H3,(H2,10,12)(H,11,13). The normalized spacial score (nSPS) is 9.79. The van der Waals surface area contributed by atoms with Gasteiger partial charge in [0.2, 0.25) is 0 Å². The number of ether oxygens (including phenoxy) is 1. The van der Waals surface area contributed by atoms with Crippen LogP contribution in [0.4, 0.5) is 0 Å². The lowest BCUT2D eigenvalue weighted by atomic mass is 10.3. The van der Waals surface area contributed by atoms with Crippen molar-refractivity contribution in [2.45, 2.75) is 26.2 Å². The lowest BCUT2D eigenvalue weighted by Gasteiger charge is -2.03. The van der Waals surface area contributed by atoms with Crippen molar-refractivity contribution >= 4 is 11.8 Å². The minimum Gasteiger partial charge on any atom is -0.381 e. The van der Waals surface area contributed by atoms with Crippen LogP contribution in [0.1, 0.15) is 26.2 Å². The molecule has 0 rings (SSSR count). The molecule has 0 aliphatic carbocycles. The number of carbonyl (C=O) groups is 2. The van der Waals surface area contributed by atoms with Gasteiger partial charge in [-0.25, -0.2) is 0 Å². The van der Waals surface area contributed by atoms with Crippen LogP contribution in [0.3, 0.4) is 0 Å². The minimum absolute atomic E-state index is 0.425. The van der Waals surface area contributed by atoms with Crippen molar-refractivity contribution in [2.24, 2.45) is 5.73 Å². The van der Waals surface area contributed by atoms with E-state index < -0.39 is 11.8 Å². The summed E-state index contributed by atoms with van der Waals surface area (Å²) in [6.07, 6.45) is 2.86. The Hall–Kier alpha value is -1.10. The topological polar surface area (TPSA) is 81.4 Å². The molecule has 0 atom stereocenters. The summed E-state index contributed by atoms with van der Waals surface area (Å²) < 4.78 is 5.25. The predicted molar refractivity (Wildman–Crippen MR) is 52.5 cm³/mol. The highest BCUT2D eigenvalue weighted by Gasteiger charge is 2.05. The molecular weight excluding hydrogens is 184 g/mol. The second-order valence-corrected chi connectivity index (χ2v) is 2.94. The molecule has 0 heterocycles. The fourth-order valence-electron chi connectivity index (χ4n) is 0.812. The first-order valence-electron chi connectivity index (χ1n) is 4.83. The molecule has 0 radical (unpaired) electrons. The van der Waals surface area contributed by atoms with Crippen molar-refractivity contribution in [2.75, 3.05) is 19.8 Å². The molecule has 0 aromatic carbocycles. The fourth-order valence-corrected chi connectivity index (χ4v) is 0.812. The number of hydrogen-bond donors (Lipinski definition) is 2. The van der Waals surface area contributed by atoms with Crippen LogP contribution in [0.25, 0.3) is 0 Å². The molecule has 5 nitrogen and oxygen atoms in total. The van der Waals surface area contributed by atoms with Gasteiger partial charge in [0.25, 0.3) is 0 Å². The minimum atomic E-state index is -0.947. The van der Waals surface area contributed by atoms with Crippen LogP contribution < -0.4 is 11.1 Å². The molecule has 14 heavy (non-hydrogen) atoms. The second-order valence-electron chi connectivity index (χ2n) is 2.94. The molecule has 0 unspecified atom stereocenters. The highest BCUT2D eigenvalue weighted by atomic mass is 16.5. The van der Waals surface area contributed by atoms with Gasteiger partial charge in [-0.05, 0) is 12.8 Å². The number of hydrogen-bond acceptors (Lipinski definition) is 3. The van der Waals surface area contributed by atoms with E-state index in [9.17, 15) is 9.59 Å². The van der Waals surface area contributed by atoms with Crippen molar-refractivity contribution in [1.82, 2.24) is 5.32 Å². The molecular formula is C9H18N2O3. The zero-order valence-corrected chi connectivity index (χ0v) is 8.54. The number of carbonyl (C=O) groups excluding carboxylic acids is 2. The Bertz CT molecular complexity index is 183. The van der Waals surface area contributed by atoms with E-state index in [1.54, 1.807) is 0 Å². The van der Waals surface area contributed by atoms with Crippen LogP contribution in [0.2, 0.25) is 0 Å². The largest absolute Gasteiger partial charge is 0.381 e. The number of nitrogens with one attached hydrogen (secondary N) is 1. The van der Waals surface area contributed by atoms with E-state index in [1.807, 2.05) is 0 Å². The summed E-state index contributed by atoms with van der Waals surface area (Å²) in [5.74, 6) is -1.68. The smallest absolute Gasteiger partial charge is 0.309 e. The van der Waals surface area contributed by atoms with E-state index in [4.69, 9.17) is 10.5 Å². The van der Waals surface area contributed by atoms with E-state index in [2.05, 4.69) is 12.2 Å². The fraction of sp³-hybridized carbons (Fsp3) is 0.778. The number of nitrogens with two attached hydrogens (primary N) is 1. The number of unbranched alkanes of at least 4 members (excludes halogenated alkanes) is 1. The van der Waals surface area contributed by atoms with Crippen molar-refractivity contribution in [3.63, 3.8) is 0 Å². The van der Waals surface area contributed by atoms with Crippen LogP contribution in [0.15, 0.2) is 0 Å². The average molecular weight is 202 g/mol. The van der Waals surface area contributed by atoms with Crippen molar-refractivity contribution in [3.8, 4) is 0 Å². The van der Waals surface area contributed by atoms with E-state index in [0.717, 1.165) is 19.4 Å². The molecule has 0 aliphatic heterocycles. The van der Waals surface area contributed by atoms with E-state index in [1.165, 1.54) is 0 Å². The Kier molecular flexibility index (Phi) is 7.83. The quantitative estimate of drug-likeness (QED) is 0.443. The Labute approximate surface area is 84.0 Å². The van der Waals surface area contributed by atoms with Crippen LogP contribution in [0.5, 0.6) is 0 Å². The van der Waals surface area contributed by atoms with Crippen LogP contribution >= 0.6 is 0 Å². The third kappa shape index (κ3) is 7.54. The van der Waals surface area contributed by atoms with Crippen molar-refractivity contribution in [3.05, 3.63) is 0 Å². The molecule has 0 aromatic rings. The summed E-state index contributed by atoms with van der Waals surface area (Å²) in [6.45, 7) is 3.86. The molecule has 0 bridgehead atoms. The zero-order valence-electron chi connectivity index (χ0n) is 8.54. The molecule has 0 saturated carbocycles. The first kappa shape index (κ1) is 12.9. The Balaban J connectivity index is 3.13. The summed E-state index contributed by atoms with van der Waals surface area (Å²) in [4.78, 5) is 20.9. The highest BCUT2D eigenvalue weighted by Crippen LogP contribution is 1.88. The van der Waals surface area contributed by atoms with Crippen LogP contribution in [0, 0.1) is 0 Å². The summed E-state index contributed by atoms with van der Waals surface area (Å²) in [5.41, 5.74) is 4.73. The zero-order chi connectivity index (χ0) is 10.8. The van der Waals surface area contributed by atoms with Gasteiger partial charge in [-0.15, -0.1) is 0 Å². The second kappa shape index (κ2) is 8.50. The van der Waals surface area contributed by atoms with Gasteiger partial charge in [-0.2, -0.15) is 0 Å². The van der Waals surface area contributed by atoms with Gasteiger partial charge in [-0.3, -0.25) is 9.59 Å². The predicted octanol–water partition coefficient (Wildman–Crippen LogP) is -0.205. The third-order valence-electron chi connectivity index (χ3n) is 1.62. The summed E-state index contributed by atoms with van der Waals surface area (Å²) >= 11 is 0. The van der Waals surface area contributed by atoms with E-state index in [-0.39, 0.29) is 0 Å². The van der Waals surface area contributed by atoms with Gasteiger partial charge in [0.15, 0.2) is 0 Å². The van der Waals surface area contributed by atoms with Crippen molar-refractivity contribution in [1.29, 1.82) is 0 Å². The number of rotatable bonds is 7. The highest BCUT2D eigenvalue weighted by molar-refractivity contribution is 6.34. The Morgan fingerprint density at radius 1 is 1.29 bits per heavy atom. The van der Waals surface area contributed by atoms with E-state index >= 15 is 0 Å². The molecule has 0 aromatic heterocycles. The molecule has 2 amide bonds. The van der Waals surface area contributed by atoms with Gasteiger partial charge < -0.3 is 15.8 Å². The molecule has 3 N–H and O–H groups in total. The lowest BCUT2D eigenvalue weighted by Crippen LogP contribution is -2.36. The lowest BCUT2D eigenvalue weighted by molar-refractivity contribution is -0.137. The molecule has 82 valence electrons. The Morgan fingerprint density at radius 2 is 1.93 bits per heavy atom. The first-order chi connectivity index (χ1) is 6.68. The van der Waals surface area contributed by atoms with Crippen LogP contribution in [-0.4, -0.2) is 31.6 Å². The van der Waals surface area contributed by atoms with Gasteiger partial charge in [0.1, 0.15) is 0 Å². The number of primary amides is 1. The third-order valence-corrected chi connectivity index (χ3v) is 1.62.